The molecule has 0 amide bonds. The normalized spacial score (nSPS) is 11.2. The van der Waals surface area contributed by atoms with Crippen LogP contribution >= 0.6 is 22.9 Å². The molecule has 4 aromatic rings. The summed E-state index contributed by atoms with van der Waals surface area (Å²) in [4.78, 5) is 26.5. The molecule has 130 valence electrons. The largest absolute Gasteiger partial charge is 0.306 e. The van der Waals surface area contributed by atoms with Gasteiger partial charge in [0, 0.05) is 33.4 Å². The van der Waals surface area contributed by atoms with Crippen molar-refractivity contribution in [2.45, 2.75) is 20.3 Å². The molecule has 0 saturated carbocycles. The average Bonchev–Trinajstić information content (AvgIpc) is 3.04. The number of halogens is 1. The van der Waals surface area contributed by atoms with Gasteiger partial charge in [0.15, 0.2) is 0 Å². The van der Waals surface area contributed by atoms with Crippen molar-refractivity contribution in [1.82, 2.24) is 15.0 Å². The zero-order chi connectivity index (χ0) is 18.3. The van der Waals surface area contributed by atoms with Gasteiger partial charge in [-0.15, -0.1) is 11.3 Å². The number of aromatic nitrogens is 3. The smallest absolute Gasteiger partial charge is 0.260 e. The Hall–Kier alpha value is -2.50. The molecule has 1 N–H and O–H groups in total. The summed E-state index contributed by atoms with van der Waals surface area (Å²) >= 11 is 7.74. The second-order valence-electron chi connectivity index (χ2n) is 6.05. The van der Waals surface area contributed by atoms with E-state index >= 15 is 0 Å². The summed E-state index contributed by atoms with van der Waals surface area (Å²) in [5.41, 5.74) is 3.67. The Bertz CT molecular complexity index is 1170. The van der Waals surface area contributed by atoms with Gasteiger partial charge < -0.3 is 4.98 Å². The number of fused-ring (bicyclic) bond motifs is 1. The summed E-state index contributed by atoms with van der Waals surface area (Å²) in [5, 5.41) is 1.37. The predicted molar refractivity (Wildman–Crippen MR) is 108 cm³/mol. The molecule has 0 atom stereocenters. The Labute approximate surface area is 159 Å². The van der Waals surface area contributed by atoms with E-state index in [4.69, 9.17) is 16.6 Å². The van der Waals surface area contributed by atoms with Crippen molar-refractivity contribution in [3.63, 3.8) is 0 Å². The molecule has 1 aromatic carbocycles. The van der Waals surface area contributed by atoms with E-state index in [0.717, 1.165) is 43.4 Å². The fourth-order valence-corrected chi connectivity index (χ4v) is 4.31. The number of aromatic amines is 1. The van der Waals surface area contributed by atoms with Crippen LogP contribution in [0.15, 0.2) is 47.5 Å². The quantitative estimate of drug-likeness (QED) is 0.528. The number of H-pyrrole nitrogens is 1. The van der Waals surface area contributed by atoms with Gasteiger partial charge in [-0.2, -0.15) is 0 Å². The van der Waals surface area contributed by atoms with Crippen molar-refractivity contribution in [2.75, 3.05) is 0 Å². The maximum absolute atomic E-state index is 12.9. The maximum atomic E-state index is 12.9. The van der Waals surface area contributed by atoms with Gasteiger partial charge in [-0.05, 0) is 48.7 Å². The van der Waals surface area contributed by atoms with Crippen LogP contribution in [0.3, 0.4) is 0 Å². The van der Waals surface area contributed by atoms with Gasteiger partial charge in [0.05, 0.1) is 5.39 Å². The van der Waals surface area contributed by atoms with E-state index in [-0.39, 0.29) is 5.56 Å². The van der Waals surface area contributed by atoms with Crippen LogP contribution in [0.25, 0.3) is 32.7 Å². The molecule has 4 nitrogen and oxygen atoms in total. The van der Waals surface area contributed by atoms with Crippen LogP contribution in [0.1, 0.15) is 17.4 Å². The number of pyridine rings is 1. The minimum Gasteiger partial charge on any atom is -0.306 e. The Morgan fingerprint density at radius 3 is 2.62 bits per heavy atom. The first-order valence-electron chi connectivity index (χ1n) is 8.31. The summed E-state index contributed by atoms with van der Waals surface area (Å²) in [6, 6.07) is 9.54. The lowest BCUT2D eigenvalue weighted by Gasteiger charge is -2.06. The summed E-state index contributed by atoms with van der Waals surface area (Å²) in [5.74, 6) is 0.563. The highest BCUT2D eigenvalue weighted by Crippen LogP contribution is 2.38. The van der Waals surface area contributed by atoms with Crippen LogP contribution < -0.4 is 5.56 Å². The molecule has 3 aromatic heterocycles. The Morgan fingerprint density at radius 2 is 1.92 bits per heavy atom. The SMILES string of the molecule is CCc1sc2nc(-c3ccncc3)[nH]c(=O)c2c1-c1ccc(Cl)c(C)c1. The Morgan fingerprint density at radius 1 is 1.15 bits per heavy atom. The number of nitrogens with zero attached hydrogens (tertiary/aromatic N) is 2. The fraction of sp³-hybridized carbons (Fsp3) is 0.150. The predicted octanol–water partition coefficient (Wildman–Crippen LogP) is 5.24. The third-order valence-electron chi connectivity index (χ3n) is 4.36. The second kappa shape index (κ2) is 6.67. The van der Waals surface area contributed by atoms with Gasteiger partial charge in [0.25, 0.3) is 5.56 Å². The van der Waals surface area contributed by atoms with Crippen molar-refractivity contribution >= 4 is 33.2 Å². The van der Waals surface area contributed by atoms with E-state index in [1.807, 2.05) is 37.3 Å². The van der Waals surface area contributed by atoms with E-state index in [2.05, 4.69) is 16.9 Å². The van der Waals surface area contributed by atoms with E-state index in [1.54, 1.807) is 23.7 Å². The van der Waals surface area contributed by atoms with Crippen LogP contribution in [-0.4, -0.2) is 15.0 Å². The highest BCUT2D eigenvalue weighted by atomic mass is 35.5. The van der Waals surface area contributed by atoms with Gasteiger partial charge in [-0.25, -0.2) is 4.98 Å². The van der Waals surface area contributed by atoms with Gasteiger partial charge in [0.2, 0.25) is 0 Å². The molecule has 0 aliphatic heterocycles. The molecular formula is C20H16ClN3OS. The number of hydrogen-bond acceptors (Lipinski definition) is 4. The Balaban J connectivity index is 1.99. The van der Waals surface area contributed by atoms with Crippen molar-refractivity contribution in [3.05, 3.63) is 68.5 Å². The number of rotatable bonds is 3. The summed E-state index contributed by atoms with van der Waals surface area (Å²) in [6.07, 6.45) is 4.21. The number of aryl methyl sites for hydroxylation is 2. The van der Waals surface area contributed by atoms with Gasteiger partial charge >= 0.3 is 0 Å². The van der Waals surface area contributed by atoms with Gasteiger partial charge in [-0.1, -0.05) is 24.6 Å². The van der Waals surface area contributed by atoms with Crippen LogP contribution in [0.2, 0.25) is 5.02 Å². The minimum absolute atomic E-state index is 0.125. The zero-order valence-corrected chi connectivity index (χ0v) is 15.9. The third-order valence-corrected chi connectivity index (χ3v) is 6.01. The van der Waals surface area contributed by atoms with Gasteiger partial charge in [-0.3, -0.25) is 9.78 Å². The zero-order valence-electron chi connectivity index (χ0n) is 14.3. The van der Waals surface area contributed by atoms with E-state index in [1.165, 1.54) is 0 Å². The summed E-state index contributed by atoms with van der Waals surface area (Å²) in [6.45, 7) is 4.06. The average molecular weight is 382 g/mol. The Kier molecular flexibility index (Phi) is 4.34. The van der Waals surface area contributed by atoms with Crippen molar-refractivity contribution in [3.8, 4) is 22.5 Å². The molecular weight excluding hydrogens is 366 g/mol. The molecule has 6 heteroatoms. The van der Waals surface area contributed by atoms with Crippen LogP contribution in [-0.2, 0) is 6.42 Å². The lowest BCUT2D eigenvalue weighted by Crippen LogP contribution is -2.09. The van der Waals surface area contributed by atoms with Crippen LogP contribution in [0.4, 0.5) is 0 Å². The van der Waals surface area contributed by atoms with Crippen molar-refractivity contribution in [1.29, 1.82) is 0 Å². The lowest BCUT2D eigenvalue weighted by atomic mass is 10.0. The van der Waals surface area contributed by atoms with E-state index < -0.39 is 0 Å². The summed E-state index contributed by atoms with van der Waals surface area (Å²) in [7, 11) is 0. The standard InChI is InChI=1S/C20H16ClN3OS/c1-3-15-16(13-4-5-14(21)11(2)10-13)17-19(25)23-18(24-20(17)26-15)12-6-8-22-9-7-12/h4-10H,3H2,1-2H3,(H,23,24,25). The highest BCUT2D eigenvalue weighted by Gasteiger charge is 2.18. The number of hydrogen-bond donors (Lipinski definition) is 1. The second-order valence-corrected chi connectivity index (χ2v) is 7.54. The molecule has 0 bridgehead atoms. The number of nitrogens with one attached hydrogen (secondary N) is 1. The topological polar surface area (TPSA) is 58.6 Å². The highest BCUT2D eigenvalue weighted by molar-refractivity contribution is 7.19. The maximum Gasteiger partial charge on any atom is 0.260 e. The van der Waals surface area contributed by atoms with E-state index in [0.29, 0.717) is 11.2 Å². The van der Waals surface area contributed by atoms with Crippen molar-refractivity contribution in [2.24, 2.45) is 0 Å². The van der Waals surface area contributed by atoms with Crippen LogP contribution in [0.5, 0.6) is 0 Å². The third kappa shape index (κ3) is 2.83. The first-order valence-corrected chi connectivity index (χ1v) is 9.50. The van der Waals surface area contributed by atoms with Crippen molar-refractivity contribution < 1.29 is 0 Å². The first kappa shape index (κ1) is 16.9. The molecule has 26 heavy (non-hydrogen) atoms. The monoisotopic (exact) mass is 381 g/mol. The molecule has 0 unspecified atom stereocenters. The molecule has 0 radical (unpaired) electrons. The molecule has 4 rings (SSSR count). The minimum atomic E-state index is -0.125. The number of thiophene rings is 1. The van der Waals surface area contributed by atoms with Crippen LogP contribution in [0, 0.1) is 6.92 Å². The lowest BCUT2D eigenvalue weighted by molar-refractivity contribution is 1.17. The fourth-order valence-electron chi connectivity index (χ4n) is 3.05. The molecule has 3 heterocycles. The summed E-state index contributed by atoms with van der Waals surface area (Å²) < 4.78 is 0. The van der Waals surface area contributed by atoms with Gasteiger partial charge in [0.1, 0.15) is 10.7 Å². The first-order chi connectivity index (χ1) is 12.6. The molecule has 0 saturated heterocycles. The van der Waals surface area contributed by atoms with E-state index in [9.17, 15) is 4.79 Å². The molecule has 0 aliphatic carbocycles. The molecule has 0 spiro atoms. The molecule has 0 fully saturated rings. The molecule has 0 aliphatic rings. The number of benzene rings is 1.